The molecule has 6 heteroatoms. The van der Waals surface area contributed by atoms with Crippen LogP contribution < -0.4 is 9.64 Å². The van der Waals surface area contributed by atoms with Crippen molar-refractivity contribution in [3.63, 3.8) is 0 Å². The van der Waals surface area contributed by atoms with Crippen LogP contribution in [0.3, 0.4) is 0 Å². The molecule has 0 saturated heterocycles. The van der Waals surface area contributed by atoms with Gasteiger partial charge in [0.2, 0.25) is 0 Å². The van der Waals surface area contributed by atoms with Gasteiger partial charge in [-0.2, -0.15) is 4.98 Å². The van der Waals surface area contributed by atoms with E-state index in [-0.39, 0.29) is 11.8 Å². The molecule has 0 aliphatic carbocycles. The molecule has 2 rings (SSSR count). The molecule has 0 aliphatic heterocycles. The Morgan fingerprint density at radius 3 is 2.94 bits per heavy atom. The third kappa shape index (κ3) is 2.91. The molecule has 4 nitrogen and oxygen atoms in total. The van der Waals surface area contributed by atoms with Crippen LogP contribution in [0.5, 0.6) is 6.01 Å². The first kappa shape index (κ1) is 11.8. The number of anilines is 1. The van der Waals surface area contributed by atoms with Gasteiger partial charge in [0.05, 0.1) is 6.20 Å². The van der Waals surface area contributed by atoms with E-state index in [1.165, 1.54) is 0 Å². The Kier molecular flexibility index (Phi) is 3.53. The number of hydrogen-bond donors (Lipinski definition) is 0. The van der Waals surface area contributed by atoms with E-state index in [0.29, 0.717) is 6.61 Å². The monoisotopic (exact) mass is 253 g/mol. The van der Waals surface area contributed by atoms with Crippen molar-refractivity contribution in [1.82, 2.24) is 9.97 Å². The summed E-state index contributed by atoms with van der Waals surface area (Å²) >= 11 is 1.59. The van der Waals surface area contributed by atoms with Crippen molar-refractivity contribution in [1.29, 1.82) is 0 Å². The summed E-state index contributed by atoms with van der Waals surface area (Å²) in [5, 5.41) is 1.97. The summed E-state index contributed by atoms with van der Waals surface area (Å²) in [6, 6.07) is 4.09. The summed E-state index contributed by atoms with van der Waals surface area (Å²) in [5.41, 5.74) is 0. The SMILES string of the molecule is CN(C)c1nc(OCc2cccs2)ncc1F. The number of rotatable bonds is 4. The number of halogens is 1. The van der Waals surface area contributed by atoms with Gasteiger partial charge >= 0.3 is 6.01 Å². The summed E-state index contributed by atoms with van der Waals surface area (Å²) in [5.74, 6) is -0.236. The summed E-state index contributed by atoms with van der Waals surface area (Å²) in [7, 11) is 3.43. The van der Waals surface area contributed by atoms with Crippen LogP contribution in [0, 0.1) is 5.82 Å². The maximum atomic E-state index is 13.3. The Morgan fingerprint density at radius 2 is 2.29 bits per heavy atom. The molecule has 0 bridgehead atoms. The molecular weight excluding hydrogens is 241 g/mol. The van der Waals surface area contributed by atoms with Gasteiger partial charge in [-0.25, -0.2) is 9.37 Å². The van der Waals surface area contributed by atoms with Crippen LogP contribution in [0.1, 0.15) is 4.88 Å². The Morgan fingerprint density at radius 1 is 1.47 bits per heavy atom. The standard InChI is InChI=1S/C11H12FN3OS/c1-15(2)10-9(12)6-13-11(14-10)16-7-8-4-3-5-17-8/h3-6H,7H2,1-2H3. The Bertz CT molecular complexity index is 487. The number of aromatic nitrogens is 2. The van der Waals surface area contributed by atoms with Crippen LogP contribution in [0.15, 0.2) is 23.7 Å². The minimum Gasteiger partial charge on any atom is -0.458 e. The molecular formula is C11H12FN3OS. The zero-order chi connectivity index (χ0) is 12.3. The first-order valence-corrected chi connectivity index (χ1v) is 5.90. The molecule has 0 atom stereocenters. The van der Waals surface area contributed by atoms with Crippen molar-refractivity contribution in [2.45, 2.75) is 6.61 Å². The fraction of sp³-hybridized carbons (Fsp3) is 0.273. The summed E-state index contributed by atoms with van der Waals surface area (Å²) in [4.78, 5) is 10.4. The number of hydrogen-bond acceptors (Lipinski definition) is 5. The van der Waals surface area contributed by atoms with Gasteiger partial charge in [0, 0.05) is 19.0 Å². The fourth-order valence-corrected chi connectivity index (χ4v) is 1.87. The van der Waals surface area contributed by atoms with E-state index in [9.17, 15) is 4.39 Å². The van der Waals surface area contributed by atoms with Gasteiger partial charge in [0.15, 0.2) is 11.6 Å². The lowest BCUT2D eigenvalue weighted by Crippen LogP contribution is -2.14. The molecule has 0 amide bonds. The molecule has 0 N–H and O–H groups in total. The molecule has 2 aromatic rings. The Balaban J connectivity index is 2.09. The average molecular weight is 253 g/mol. The van der Waals surface area contributed by atoms with Crippen molar-refractivity contribution in [2.24, 2.45) is 0 Å². The average Bonchev–Trinajstić information content (AvgIpc) is 2.80. The lowest BCUT2D eigenvalue weighted by molar-refractivity contribution is 0.282. The summed E-state index contributed by atoms with van der Waals surface area (Å²) < 4.78 is 18.7. The van der Waals surface area contributed by atoms with Crippen LogP contribution in [0.4, 0.5) is 10.2 Å². The van der Waals surface area contributed by atoms with Crippen molar-refractivity contribution < 1.29 is 9.13 Å². The Hall–Kier alpha value is -1.69. The highest BCUT2D eigenvalue weighted by molar-refractivity contribution is 7.09. The van der Waals surface area contributed by atoms with Gasteiger partial charge in [-0.1, -0.05) is 6.07 Å². The third-order valence-corrected chi connectivity index (χ3v) is 2.90. The lowest BCUT2D eigenvalue weighted by Gasteiger charge is -2.12. The molecule has 2 aromatic heterocycles. The highest BCUT2D eigenvalue weighted by Crippen LogP contribution is 2.17. The van der Waals surface area contributed by atoms with Gasteiger partial charge in [-0.15, -0.1) is 11.3 Å². The van der Waals surface area contributed by atoms with Gasteiger partial charge in [-0.3, -0.25) is 0 Å². The van der Waals surface area contributed by atoms with Crippen LogP contribution in [0.2, 0.25) is 0 Å². The van der Waals surface area contributed by atoms with E-state index in [0.717, 1.165) is 11.1 Å². The summed E-state index contributed by atoms with van der Waals surface area (Å²) in [6.45, 7) is 0.399. The van der Waals surface area contributed by atoms with Crippen molar-refractivity contribution in [3.05, 3.63) is 34.4 Å². The van der Waals surface area contributed by atoms with Gasteiger partial charge in [0.1, 0.15) is 6.61 Å². The zero-order valence-electron chi connectivity index (χ0n) is 9.55. The predicted molar refractivity (Wildman–Crippen MR) is 65.0 cm³/mol. The van der Waals surface area contributed by atoms with Gasteiger partial charge in [0.25, 0.3) is 0 Å². The first-order valence-electron chi connectivity index (χ1n) is 5.02. The largest absolute Gasteiger partial charge is 0.458 e. The zero-order valence-corrected chi connectivity index (χ0v) is 10.4. The van der Waals surface area contributed by atoms with Crippen molar-refractivity contribution in [2.75, 3.05) is 19.0 Å². The van der Waals surface area contributed by atoms with E-state index in [4.69, 9.17) is 4.74 Å². The summed E-state index contributed by atoms with van der Waals surface area (Å²) in [6.07, 6.45) is 1.12. The van der Waals surface area contributed by atoms with E-state index in [2.05, 4.69) is 9.97 Å². The quantitative estimate of drug-likeness (QED) is 0.838. The molecule has 0 saturated carbocycles. The highest BCUT2D eigenvalue weighted by Gasteiger charge is 2.09. The lowest BCUT2D eigenvalue weighted by atomic mass is 10.5. The molecule has 0 aromatic carbocycles. The molecule has 90 valence electrons. The molecule has 0 radical (unpaired) electrons. The second-order valence-electron chi connectivity index (χ2n) is 3.59. The molecule has 0 fully saturated rings. The molecule has 0 aliphatic rings. The number of ether oxygens (including phenoxy) is 1. The van der Waals surface area contributed by atoms with Crippen LogP contribution in [0.25, 0.3) is 0 Å². The van der Waals surface area contributed by atoms with Crippen molar-refractivity contribution >= 4 is 17.2 Å². The van der Waals surface area contributed by atoms with Crippen LogP contribution in [-0.2, 0) is 6.61 Å². The second-order valence-corrected chi connectivity index (χ2v) is 4.62. The molecule has 2 heterocycles. The number of thiophene rings is 1. The first-order chi connectivity index (χ1) is 8.16. The number of nitrogens with zero attached hydrogens (tertiary/aromatic N) is 3. The molecule has 17 heavy (non-hydrogen) atoms. The molecule has 0 spiro atoms. The van der Waals surface area contributed by atoms with Crippen LogP contribution >= 0.6 is 11.3 Å². The molecule has 0 unspecified atom stereocenters. The predicted octanol–water partition coefficient (Wildman–Crippen LogP) is 2.32. The van der Waals surface area contributed by atoms with E-state index in [1.54, 1.807) is 30.3 Å². The van der Waals surface area contributed by atoms with Crippen LogP contribution in [-0.4, -0.2) is 24.1 Å². The Labute approximate surface area is 103 Å². The minimum absolute atomic E-state index is 0.184. The third-order valence-electron chi connectivity index (χ3n) is 2.05. The topological polar surface area (TPSA) is 38.2 Å². The second kappa shape index (κ2) is 5.09. The normalized spacial score (nSPS) is 10.3. The van der Waals surface area contributed by atoms with Gasteiger partial charge in [-0.05, 0) is 11.4 Å². The van der Waals surface area contributed by atoms with Gasteiger partial charge < -0.3 is 9.64 Å². The highest BCUT2D eigenvalue weighted by atomic mass is 32.1. The van der Waals surface area contributed by atoms with E-state index >= 15 is 0 Å². The fourth-order valence-electron chi connectivity index (χ4n) is 1.26. The minimum atomic E-state index is -0.460. The maximum absolute atomic E-state index is 13.3. The van der Waals surface area contributed by atoms with Crippen molar-refractivity contribution in [3.8, 4) is 6.01 Å². The van der Waals surface area contributed by atoms with E-state index in [1.807, 2.05) is 17.5 Å². The van der Waals surface area contributed by atoms with E-state index < -0.39 is 5.82 Å². The maximum Gasteiger partial charge on any atom is 0.318 e. The smallest absolute Gasteiger partial charge is 0.318 e.